The van der Waals surface area contributed by atoms with E-state index < -0.39 is 0 Å². The van der Waals surface area contributed by atoms with Crippen molar-refractivity contribution >= 4 is 11.6 Å². The van der Waals surface area contributed by atoms with Crippen LogP contribution in [0.15, 0.2) is 48.5 Å². The number of hydrogen-bond donors (Lipinski definition) is 0. The van der Waals surface area contributed by atoms with Gasteiger partial charge in [-0.25, -0.2) is 4.39 Å². The van der Waals surface area contributed by atoms with Crippen LogP contribution >= 0.6 is 11.6 Å². The number of benzene rings is 2. The Labute approximate surface area is 122 Å². The second-order valence-electron chi connectivity index (χ2n) is 4.30. The van der Waals surface area contributed by atoms with Gasteiger partial charge in [0, 0.05) is 6.42 Å². The molecule has 0 aliphatic heterocycles. The van der Waals surface area contributed by atoms with Crippen molar-refractivity contribution in [2.24, 2.45) is 0 Å². The maximum absolute atomic E-state index is 12.8. The van der Waals surface area contributed by atoms with Crippen molar-refractivity contribution in [3.8, 4) is 11.8 Å². The van der Waals surface area contributed by atoms with Gasteiger partial charge in [-0.3, -0.25) is 0 Å². The maximum Gasteiger partial charge on any atom is 0.137 e. The summed E-state index contributed by atoms with van der Waals surface area (Å²) < 4.78 is 18.4. The fourth-order valence-electron chi connectivity index (χ4n) is 1.85. The highest BCUT2D eigenvalue weighted by Gasteiger charge is 2.11. The van der Waals surface area contributed by atoms with Crippen molar-refractivity contribution < 1.29 is 9.13 Å². The smallest absolute Gasteiger partial charge is 0.137 e. The lowest BCUT2D eigenvalue weighted by Crippen LogP contribution is -2.04. The fraction of sp³-hybridized carbons (Fsp3) is 0.188. The van der Waals surface area contributed by atoms with Gasteiger partial charge in [-0.2, -0.15) is 5.26 Å². The molecule has 0 amide bonds. The lowest BCUT2D eigenvalue weighted by atomic mass is 9.98. The number of halogens is 2. The molecule has 0 aliphatic rings. The zero-order valence-electron chi connectivity index (χ0n) is 10.7. The van der Waals surface area contributed by atoms with Crippen LogP contribution in [-0.4, -0.2) is 6.61 Å². The van der Waals surface area contributed by atoms with Crippen molar-refractivity contribution in [3.63, 3.8) is 0 Å². The molecule has 0 aliphatic carbocycles. The average Bonchev–Trinajstić information content (AvgIpc) is 2.47. The SMILES string of the molecule is N#CC(CCOc1ccccc1Cl)c1ccc(F)cc1. The quantitative estimate of drug-likeness (QED) is 0.808. The highest BCUT2D eigenvalue weighted by atomic mass is 35.5. The average molecular weight is 290 g/mol. The molecule has 0 aromatic heterocycles. The minimum absolute atomic E-state index is 0.308. The Morgan fingerprint density at radius 1 is 1.15 bits per heavy atom. The zero-order valence-corrected chi connectivity index (χ0v) is 11.5. The van der Waals surface area contributed by atoms with Crippen LogP contribution in [0, 0.1) is 17.1 Å². The van der Waals surface area contributed by atoms with E-state index in [1.165, 1.54) is 12.1 Å². The van der Waals surface area contributed by atoms with E-state index in [0.29, 0.717) is 23.8 Å². The van der Waals surface area contributed by atoms with E-state index in [2.05, 4.69) is 6.07 Å². The molecule has 0 bridgehead atoms. The van der Waals surface area contributed by atoms with Crippen LogP contribution in [0.5, 0.6) is 5.75 Å². The first-order chi connectivity index (χ1) is 9.70. The van der Waals surface area contributed by atoms with E-state index in [-0.39, 0.29) is 11.7 Å². The van der Waals surface area contributed by atoms with E-state index in [1.54, 1.807) is 24.3 Å². The van der Waals surface area contributed by atoms with Gasteiger partial charge in [-0.1, -0.05) is 35.9 Å². The van der Waals surface area contributed by atoms with Crippen LogP contribution in [0.25, 0.3) is 0 Å². The Bertz CT molecular complexity index is 607. The lowest BCUT2D eigenvalue weighted by Gasteiger charge is -2.11. The molecule has 1 unspecified atom stereocenters. The summed E-state index contributed by atoms with van der Waals surface area (Å²) in [6, 6.07) is 15.4. The first-order valence-corrected chi connectivity index (χ1v) is 6.61. The summed E-state index contributed by atoms with van der Waals surface area (Å²) in [5.41, 5.74) is 0.789. The normalized spacial score (nSPS) is 11.7. The zero-order chi connectivity index (χ0) is 14.4. The molecule has 4 heteroatoms. The summed E-state index contributed by atoms with van der Waals surface area (Å²) in [4.78, 5) is 0. The van der Waals surface area contributed by atoms with Crippen LogP contribution in [0.3, 0.4) is 0 Å². The standard InChI is InChI=1S/C16H13ClFNO/c17-15-3-1-2-4-16(15)20-10-9-13(11-19)12-5-7-14(18)8-6-12/h1-8,13H,9-10H2. The summed E-state index contributed by atoms with van der Waals surface area (Å²) in [6.07, 6.45) is 0.521. The minimum atomic E-state index is -0.321. The van der Waals surface area contributed by atoms with Crippen LogP contribution < -0.4 is 4.74 Å². The lowest BCUT2D eigenvalue weighted by molar-refractivity contribution is 0.306. The molecule has 0 saturated carbocycles. The predicted molar refractivity (Wildman–Crippen MR) is 76.3 cm³/mol. The number of nitriles is 1. The summed E-state index contributed by atoms with van der Waals surface area (Å²) in [5, 5.41) is 9.72. The van der Waals surface area contributed by atoms with Gasteiger partial charge >= 0.3 is 0 Å². The molecule has 0 radical (unpaired) electrons. The van der Waals surface area contributed by atoms with E-state index >= 15 is 0 Å². The topological polar surface area (TPSA) is 33.0 Å². The summed E-state index contributed by atoms with van der Waals surface area (Å²) >= 11 is 5.98. The summed E-state index contributed by atoms with van der Waals surface area (Å²) in [5.74, 6) is -0.0270. The summed E-state index contributed by atoms with van der Waals surface area (Å²) in [7, 11) is 0. The van der Waals surface area contributed by atoms with Crippen molar-refractivity contribution in [1.82, 2.24) is 0 Å². The van der Waals surface area contributed by atoms with E-state index in [1.807, 2.05) is 12.1 Å². The van der Waals surface area contributed by atoms with Gasteiger partial charge < -0.3 is 4.74 Å². The third-order valence-electron chi connectivity index (χ3n) is 2.93. The minimum Gasteiger partial charge on any atom is -0.492 e. The Hall–Kier alpha value is -2.05. The Balaban J connectivity index is 1.94. The predicted octanol–water partition coefficient (Wildman–Crippen LogP) is 4.56. The molecule has 2 aromatic carbocycles. The molecule has 1 atom stereocenters. The third kappa shape index (κ3) is 3.72. The molecule has 102 valence electrons. The van der Waals surface area contributed by atoms with Crippen LogP contribution in [-0.2, 0) is 0 Å². The highest BCUT2D eigenvalue weighted by molar-refractivity contribution is 6.32. The fourth-order valence-corrected chi connectivity index (χ4v) is 2.04. The van der Waals surface area contributed by atoms with Gasteiger partial charge in [0.15, 0.2) is 0 Å². The monoisotopic (exact) mass is 289 g/mol. The molecule has 0 saturated heterocycles. The summed E-state index contributed by atoms with van der Waals surface area (Å²) in [6.45, 7) is 0.374. The molecule has 0 N–H and O–H groups in total. The van der Waals surface area contributed by atoms with Gasteiger partial charge in [0.1, 0.15) is 11.6 Å². The van der Waals surface area contributed by atoms with Crippen molar-refractivity contribution in [1.29, 1.82) is 5.26 Å². The second-order valence-corrected chi connectivity index (χ2v) is 4.71. The Morgan fingerprint density at radius 3 is 2.50 bits per heavy atom. The van der Waals surface area contributed by atoms with Crippen LogP contribution in [0.2, 0.25) is 5.02 Å². The molecule has 20 heavy (non-hydrogen) atoms. The highest BCUT2D eigenvalue weighted by Crippen LogP contribution is 2.25. The van der Waals surface area contributed by atoms with E-state index in [4.69, 9.17) is 16.3 Å². The van der Waals surface area contributed by atoms with E-state index in [0.717, 1.165) is 5.56 Å². The number of hydrogen-bond acceptors (Lipinski definition) is 2. The first-order valence-electron chi connectivity index (χ1n) is 6.23. The van der Waals surface area contributed by atoms with Crippen molar-refractivity contribution in [3.05, 3.63) is 64.9 Å². The molecule has 2 nitrogen and oxygen atoms in total. The van der Waals surface area contributed by atoms with E-state index in [9.17, 15) is 9.65 Å². The maximum atomic E-state index is 12.8. The first kappa shape index (κ1) is 14.4. The Kier molecular flexibility index (Phi) is 4.97. The third-order valence-corrected chi connectivity index (χ3v) is 3.24. The molecular weight excluding hydrogens is 277 g/mol. The number of para-hydroxylation sites is 1. The van der Waals surface area contributed by atoms with Gasteiger partial charge in [-0.05, 0) is 29.8 Å². The Morgan fingerprint density at radius 2 is 1.85 bits per heavy atom. The van der Waals surface area contributed by atoms with Gasteiger partial charge in [-0.15, -0.1) is 0 Å². The number of rotatable bonds is 5. The van der Waals surface area contributed by atoms with Gasteiger partial charge in [0.2, 0.25) is 0 Å². The molecule has 0 fully saturated rings. The van der Waals surface area contributed by atoms with Crippen LogP contribution in [0.1, 0.15) is 17.9 Å². The molecule has 2 rings (SSSR count). The van der Waals surface area contributed by atoms with Crippen molar-refractivity contribution in [2.45, 2.75) is 12.3 Å². The molecular formula is C16H13ClFNO. The number of ether oxygens (including phenoxy) is 1. The molecule has 0 heterocycles. The van der Waals surface area contributed by atoms with Gasteiger partial charge in [0.05, 0.1) is 23.6 Å². The largest absolute Gasteiger partial charge is 0.492 e. The van der Waals surface area contributed by atoms with Gasteiger partial charge in [0.25, 0.3) is 0 Å². The number of nitrogens with zero attached hydrogens (tertiary/aromatic N) is 1. The molecule has 2 aromatic rings. The van der Waals surface area contributed by atoms with Crippen LogP contribution in [0.4, 0.5) is 4.39 Å². The van der Waals surface area contributed by atoms with Crippen molar-refractivity contribution in [2.75, 3.05) is 6.61 Å². The second kappa shape index (κ2) is 6.93. The molecule has 0 spiro atoms.